The Labute approximate surface area is 361 Å². The first-order chi connectivity index (χ1) is 28.5. The van der Waals surface area contributed by atoms with Crippen molar-refractivity contribution in [2.24, 2.45) is 5.84 Å². The number of carbonyl (C=O) groups is 2. The Morgan fingerprint density at radius 2 is 1.03 bits per heavy atom. The van der Waals surface area contributed by atoms with Gasteiger partial charge in [-0.2, -0.15) is 5.01 Å². The molecule has 0 atom stereocenters. The van der Waals surface area contributed by atoms with Crippen LogP contribution in [-0.2, 0) is 40.4 Å². The maximum Gasteiger partial charge on any atom is 0.430 e. The molecule has 0 aliphatic carbocycles. The second kappa shape index (κ2) is 17.0. The summed E-state index contributed by atoms with van der Waals surface area (Å²) in [7, 11) is -7.72. The number of aromatic nitrogens is 6. The molecule has 0 aliphatic rings. The molecule has 0 unspecified atom stereocenters. The van der Waals surface area contributed by atoms with E-state index in [1.54, 1.807) is 84.0 Å². The fourth-order valence-electron chi connectivity index (χ4n) is 5.63. The normalized spacial score (nSPS) is 12.7. The maximum absolute atomic E-state index is 13.1. The van der Waals surface area contributed by atoms with E-state index in [2.05, 4.69) is 72.3 Å². The molecular formula is C42H54N10O8S2. The summed E-state index contributed by atoms with van der Waals surface area (Å²) in [6.07, 6.45) is 3.86. The van der Waals surface area contributed by atoms with Gasteiger partial charge in [-0.15, -0.1) is 0 Å². The van der Waals surface area contributed by atoms with Crippen LogP contribution in [0.5, 0.6) is 0 Å². The number of fused-ring (bicyclic) bond motifs is 2. The third-order valence-electron chi connectivity index (χ3n) is 8.78. The van der Waals surface area contributed by atoms with Gasteiger partial charge < -0.3 is 9.47 Å². The number of nitrogens with two attached hydrogens (primary N) is 1. The molecule has 4 N–H and O–H groups in total. The number of benzene rings is 2. The topological polar surface area (TPSA) is 236 Å². The minimum Gasteiger partial charge on any atom is -0.443 e. The molecular weight excluding hydrogens is 837 g/mol. The van der Waals surface area contributed by atoms with Crippen LogP contribution in [0.3, 0.4) is 0 Å². The number of anilines is 2. The van der Waals surface area contributed by atoms with Gasteiger partial charge in [-0.3, -0.25) is 5.43 Å². The van der Waals surface area contributed by atoms with Crippen LogP contribution in [0.4, 0.5) is 21.2 Å². The molecule has 2 aromatic carbocycles. The van der Waals surface area contributed by atoms with E-state index in [1.807, 2.05) is 12.1 Å². The molecule has 6 aromatic rings. The Kier molecular flexibility index (Phi) is 12.9. The summed E-state index contributed by atoms with van der Waals surface area (Å²) in [5.41, 5.74) is 6.42. The second-order valence-corrected chi connectivity index (χ2v) is 21.9. The lowest BCUT2D eigenvalue weighted by Gasteiger charge is -2.23. The third kappa shape index (κ3) is 11.0. The van der Waals surface area contributed by atoms with E-state index in [-0.39, 0.29) is 49.1 Å². The third-order valence-corrected chi connectivity index (χ3v) is 12.1. The van der Waals surface area contributed by atoms with Crippen molar-refractivity contribution < 1.29 is 35.9 Å². The highest BCUT2D eigenvalue weighted by Gasteiger charge is 2.26. The molecule has 2 amide bonds. The number of hydrogen-bond acceptors (Lipinski definition) is 14. The minimum atomic E-state index is -3.88. The summed E-state index contributed by atoms with van der Waals surface area (Å²) >= 11 is 0. The zero-order valence-corrected chi connectivity index (χ0v) is 38.5. The highest BCUT2D eigenvalue weighted by molar-refractivity contribution is 7.90. The molecule has 18 nitrogen and oxygen atoms in total. The standard InChI is InChI=1S/2C21H27N5O4S/c1-20(2,3)14-7-9-15(10-8-14)31(28,29)25-12-11-16-18(25)23-13-17(24-16)26(22)19(27)30-21(4,5)6;1-20(2,3)14-7-9-15(10-8-14)31(28,29)26-12-11-16-18(26)22-13-17(23-16)24-25-19(27)30-21(4,5)6/h7-13H,22H2,1-6H3;7-13H,1-6H3,(H,23,24)(H,25,27). The van der Waals surface area contributed by atoms with Gasteiger partial charge in [0.05, 0.1) is 22.2 Å². The Bertz CT molecular complexity index is 2810. The molecule has 0 spiro atoms. The van der Waals surface area contributed by atoms with Gasteiger partial charge in [-0.05, 0) is 99.9 Å². The molecule has 20 heteroatoms. The number of hydrazine groups is 2. The predicted octanol–water partition coefficient (Wildman–Crippen LogP) is 7.40. The van der Waals surface area contributed by atoms with Crippen LogP contribution in [0, 0.1) is 0 Å². The SMILES string of the molecule is CC(C)(C)OC(=O)N(N)c1cnc2c(ccn2S(=O)(=O)c2ccc(C(C)(C)C)cc2)n1.CC(C)(C)OC(=O)NNc1cnc2c(ccn2S(=O)(=O)c2ccc(C(C)(C)C)cc2)n1. The quantitative estimate of drug-likeness (QED) is 0.0805. The number of carbonyl (C=O) groups excluding carboxylic acids is 2. The molecule has 332 valence electrons. The largest absolute Gasteiger partial charge is 0.443 e. The Hall–Kier alpha value is -6.12. The van der Waals surface area contributed by atoms with E-state index in [0.717, 1.165) is 24.1 Å². The van der Waals surface area contributed by atoms with Crippen molar-refractivity contribution in [2.45, 2.75) is 115 Å². The number of nitrogens with one attached hydrogen (secondary N) is 2. The zero-order chi connectivity index (χ0) is 46.2. The van der Waals surface area contributed by atoms with Crippen LogP contribution >= 0.6 is 0 Å². The molecule has 0 bridgehead atoms. The lowest BCUT2D eigenvalue weighted by Crippen LogP contribution is -2.42. The summed E-state index contributed by atoms with van der Waals surface area (Å²) < 4.78 is 65.0. The van der Waals surface area contributed by atoms with E-state index in [4.69, 9.17) is 15.3 Å². The number of amides is 2. The number of rotatable bonds is 7. The molecule has 4 aromatic heterocycles. The van der Waals surface area contributed by atoms with Gasteiger partial charge in [-0.1, -0.05) is 65.8 Å². The fourth-order valence-corrected chi connectivity index (χ4v) is 8.23. The smallest absolute Gasteiger partial charge is 0.430 e. The molecule has 62 heavy (non-hydrogen) atoms. The Morgan fingerprint density at radius 3 is 1.45 bits per heavy atom. The van der Waals surface area contributed by atoms with E-state index >= 15 is 0 Å². The van der Waals surface area contributed by atoms with Crippen molar-refractivity contribution in [1.29, 1.82) is 0 Å². The summed E-state index contributed by atoms with van der Waals surface area (Å²) in [5, 5.41) is 0.731. The average Bonchev–Trinajstić information content (AvgIpc) is 3.80. The van der Waals surface area contributed by atoms with Gasteiger partial charge in [-0.25, -0.2) is 65.6 Å². The van der Waals surface area contributed by atoms with Crippen LogP contribution in [0.15, 0.2) is 95.2 Å². The molecule has 4 heterocycles. The minimum absolute atomic E-state index is 0.0337. The zero-order valence-electron chi connectivity index (χ0n) is 36.9. The lowest BCUT2D eigenvalue weighted by atomic mass is 9.87. The number of nitrogens with zero attached hydrogens (tertiary/aromatic N) is 7. The van der Waals surface area contributed by atoms with E-state index in [0.29, 0.717) is 5.52 Å². The monoisotopic (exact) mass is 890 g/mol. The average molecular weight is 891 g/mol. The molecule has 0 saturated heterocycles. The molecule has 0 saturated carbocycles. The fraction of sp³-hybridized carbons (Fsp3) is 0.381. The highest BCUT2D eigenvalue weighted by atomic mass is 32.2. The van der Waals surface area contributed by atoms with Crippen LogP contribution in [0.1, 0.15) is 94.2 Å². The lowest BCUT2D eigenvalue weighted by molar-refractivity contribution is 0.0537. The summed E-state index contributed by atoms with van der Waals surface area (Å²) in [6.45, 7) is 22.8. The van der Waals surface area contributed by atoms with Crippen LogP contribution in [-0.4, -0.2) is 68.1 Å². The van der Waals surface area contributed by atoms with Crippen molar-refractivity contribution in [3.8, 4) is 0 Å². The van der Waals surface area contributed by atoms with Gasteiger partial charge in [0.25, 0.3) is 20.0 Å². The van der Waals surface area contributed by atoms with Gasteiger partial charge in [0.2, 0.25) is 0 Å². The Balaban J connectivity index is 0.000000234. The maximum atomic E-state index is 13.1. The summed E-state index contributed by atoms with van der Waals surface area (Å²) in [6, 6.07) is 16.6. The number of hydrogen-bond donors (Lipinski definition) is 3. The van der Waals surface area contributed by atoms with Crippen molar-refractivity contribution >= 4 is 66.2 Å². The first-order valence-electron chi connectivity index (χ1n) is 19.4. The van der Waals surface area contributed by atoms with Crippen LogP contribution in [0.25, 0.3) is 22.3 Å². The first kappa shape index (κ1) is 46.9. The second-order valence-electron chi connectivity index (χ2n) is 18.3. The van der Waals surface area contributed by atoms with Crippen LogP contribution in [0.2, 0.25) is 0 Å². The van der Waals surface area contributed by atoms with Crippen LogP contribution < -0.4 is 21.7 Å². The number of ether oxygens (including phenoxy) is 2. The first-order valence-corrected chi connectivity index (χ1v) is 22.3. The molecule has 6 rings (SSSR count). The van der Waals surface area contributed by atoms with E-state index < -0.39 is 43.4 Å². The molecule has 0 fully saturated rings. The predicted molar refractivity (Wildman–Crippen MR) is 236 cm³/mol. The highest BCUT2D eigenvalue weighted by Crippen LogP contribution is 2.28. The van der Waals surface area contributed by atoms with Gasteiger partial charge in [0.1, 0.15) is 22.2 Å². The van der Waals surface area contributed by atoms with Gasteiger partial charge in [0, 0.05) is 12.4 Å². The van der Waals surface area contributed by atoms with Gasteiger partial charge >= 0.3 is 12.2 Å². The van der Waals surface area contributed by atoms with E-state index in [9.17, 15) is 26.4 Å². The van der Waals surface area contributed by atoms with Gasteiger partial charge in [0.15, 0.2) is 22.9 Å². The van der Waals surface area contributed by atoms with Crippen molar-refractivity contribution in [2.75, 3.05) is 10.4 Å². The van der Waals surface area contributed by atoms with Crippen molar-refractivity contribution in [1.82, 2.24) is 33.3 Å². The Morgan fingerprint density at radius 1 is 0.613 bits per heavy atom. The summed E-state index contributed by atoms with van der Waals surface area (Å²) in [5.74, 6) is 6.07. The molecule has 0 radical (unpaired) electrons. The van der Waals surface area contributed by atoms with Crippen molar-refractivity contribution in [3.05, 3.63) is 96.6 Å². The molecule has 0 aliphatic heterocycles. The van der Waals surface area contributed by atoms with E-state index in [1.165, 1.54) is 30.9 Å². The summed E-state index contributed by atoms with van der Waals surface area (Å²) in [4.78, 5) is 41.1. The van der Waals surface area contributed by atoms with Crippen molar-refractivity contribution in [3.63, 3.8) is 0 Å².